The molecule has 0 saturated carbocycles. The molecule has 3 rings (SSSR count). The minimum Gasteiger partial charge on any atom is -0.334 e. The molecule has 19 heavy (non-hydrogen) atoms. The number of halogens is 1. The highest BCUT2D eigenvalue weighted by Crippen LogP contribution is 2.28. The summed E-state index contributed by atoms with van der Waals surface area (Å²) in [5.41, 5.74) is 2.14. The predicted octanol–water partition coefficient (Wildman–Crippen LogP) is 3.27. The van der Waals surface area contributed by atoms with E-state index in [0.29, 0.717) is 11.8 Å². The van der Waals surface area contributed by atoms with E-state index >= 15 is 0 Å². The zero-order valence-electron chi connectivity index (χ0n) is 10.8. The molecule has 2 aromatic rings. The fourth-order valence-corrected chi connectivity index (χ4v) is 2.78. The maximum absolute atomic E-state index is 5.44. The number of aromatic nitrogens is 2. The maximum Gasteiger partial charge on any atom is 0.258 e. The summed E-state index contributed by atoms with van der Waals surface area (Å²) in [5.74, 6) is 1.88. The Bertz CT molecular complexity index is 576. The Balaban J connectivity index is 1.89. The molecule has 100 valence electrons. The quantitative estimate of drug-likeness (QED) is 0.922. The van der Waals surface area contributed by atoms with E-state index in [1.165, 1.54) is 0 Å². The number of rotatable bonds is 2. The van der Waals surface area contributed by atoms with Crippen LogP contribution in [0.3, 0.4) is 0 Å². The van der Waals surface area contributed by atoms with Gasteiger partial charge in [0.1, 0.15) is 0 Å². The molecular weight excluding hydrogens is 306 g/mol. The Labute approximate surface area is 120 Å². The van der Waals surface area contributed by atoms with Gasteiger partial charge < -0.3 is 9.84 Å². The van der Waals surface area contributed by atoms with Crippen LogP contribution in [0.1, 0.15) is 30.1 Å². The number of nitrogens with one attached hydrogen (secondary N) is 1. The van der Waals surface area contributed by atoms with E-state index < -0.39 is 0 Å². The first-order valence-electron chi connectivity index (χ1n) is 6.55. The van der Waals surface area contributed by atoms with E-state index in [1.54, 1.807) is 0 Å². The summed E-state index contributed by atoms with van der Waals surface area (Å²) in [4.78, 5) is 4.58. The molecule has 0 unspecified atom stereocenters. The lowest BCUT2D eigenvalue weighted by atomic mass is 9.97. The second kappa shape index (κ2) is 5.43. The van der Waals surface area contributed by atoms with Crippen molar-refractivity contribution < 1.29 is 4.52 Å². The number of hydrogen-bond donors (Lipinski definition) is 1. The minimum atomic E-state index is 0.422. The number of aryl methyl sites for hydroxylation is 1. The van der Waals surface area contributed by atoms with Crippen LogP contribution in [0.5, 0.6) is 0 Å². The molecule has 1 aliphatic rings. The molecule has 0 radical (unpaired) electrons. The third kappa shape index (κ3) is 2.72. The second-order valence-corrected chi connectivity index (χ2v) is 5.86. The third-order valence-electron chi connectivity index (χ3n) is 3.58. The van der Waals surface area contributed by atoms with Gasteiger partial charge in [0.2, 0.25) is 0 Å². The van der Waals surface area contributed by atoms with Gasteiger partial charge in [0.05, 0.1) is 0 Å². The standard InChI is InChI=1S/C14H16BrN3O/c1-9-2-3-11(15)8-12(9)14-17-13(18-19-14)10-4-6-16-7-5-10/h2-3,8,10,16H,4-7H2,1H3. The summed E-state index contributed by atoms with van der Waals surface area (Å²) in [6.45, 7) is 4.12. The van der Waals surface area contributed by atoms with Gasteiger partial charge in [-0.15, -0.1) is 0 Å². The summed E-state index contributed by atoms with van der Waals surface area (Å²) in [6.07, 6.45) is 2.16. The molecule has 0 amide bonds. The van der Waals surface area contributed by atoms with Gasteiger partial charge >= 0.3 is 0 Å². The normalized spacial score (nSPS) is 16.7. The van der Waals surface area contributed by atoms with Crippen LogP contribution >= 0.6 is 15.9 Å². The molecular formula is C14H16BrN3O. The van der Waals surface area contributed by atoms with Gasteiger partial charge in [-0.05, 0) is 50.6 Å². The predicted molar refractivity (Wildman–Crippen MR) is 77.0 cm³/mol. The lowest BCUT2D eigenvalue weighted by Gasteiger charge is -2.18. The van der Waals surface area contributed by atoms with Crippen molar-refractivity contribution >= 4 is 15.9 Å². The van der Waals surface area contributed by atoms with E-state index in [9.17, 15) is 0 Å². The molecule has 1 saturated heterocycles. The van der Waals surface area contributed by atoms with Gasteiger partial charge in [0, 0.05) is 16.0 Å². The van der Waals surface area contributed by atoms with Crippen LogP contribution in [0.15, 0.2) is 27.2 Å². The lowest BCUT2D eigenvalue weighted by molar-refractivity contribution is 0.392. The Morgan fingerprint density at radius 1 is 1.32 bits per heavy atom. The van der Waals surface area contributed by atoms with Gasteiger partial charge in [-0.2, -0.15) is 4.98 Å². The van der Waals surface area contributed by atoms with Crippen LogP contribution in [0.25, 0.3) is 11.5 Å². The van der Waals surface area contributed by atoms with Crippen LogP contribution in [0.4, 0.5) is 0 Å². The van der Waals surface area contributed by atoms with Crippen molar-refractivity contribution in [2.75, 3.05) is 13.1 Å². The average molecular weight is 322 g/mol. The van der Waals surface area contributed by atoms with Gasteiger partial charge in [-0.25, -0.2) is 0 Å². The van der Waals surface area contributed by atoms with Crippen molar-refractivity contribution in [2.24, 2.45) is 0 Å². The van der Waals surface area contributed by atoms with Crippen LogP contribution in [0.2, 0.25) is 0 Å². The van der Waals surface area contributed by atoms with Crippen molar-refractivity contribution in [3.8, 4) is 11.5 Å². The molecule has 0 bridgehead atoms. The molecule has 0 spiro atoms. The van der Waals surface area contributed by atoms with Crippen LogP contribution in [-0.2, 0) is 0 Å². The number of hydrogen-bond acceptors (Lipinski definition) is 4. The molecule has 1 aliphatic heterocycles. The fraction of sp³-hybridized carbons (Fsp3) is 0.429. The van der Waals surface area contributed by atoms with E-state index in [2.05, 4.69) is 38.3 Å². The van der Waals surface area contributed by atoms with Gasteiger partial charge in [-0.1, -0.05) is 27.2 Å². The van der Waals surface area contributed by atoms with Crippen molar-refractivity contribution in [1.29, 1.82) is 0 Å². The summed E-state index contributed by atoms with van der Waals surface area (Å²) < 4.78 is 6.46. The number of nitrogens with zero attached hydrogens (tertiary/aromatic N) is 2. The first-order valence-corrected chi connectivity index (χ1v) is 7.34. The Morgan fingerprint density at radius 2 is 2.11 bits per heavy atom. The molecule has 5 heteroatoms. The topological polar surface area (TPSA) is 51.0 Å². The highest BCUT2D eigenvalue weighted by molar-refractivity contribution is 9.10. The Morgan fingerprint density at radius 3 is 2.89 bits per heavy atom. The fourth-order valence-electron chi connectivity index (χ4n) is 2.41. The second-order valence-electron chi connectivity index (χ2n) is 4.94. The number of piperidine rings is 1. The molecule has 1 aromatic carbocycles. The lowest BCUT2D eigenvalue weighted by Crippen LogP contribution is -2.27. The smallest absolute Gasteiger partial charge is 0.258 e. The molecule has 1 fully saturated rings. The zero-order valence-corrected chi connectivity index (χ0v) is 12.4. The van der Waals surface area contributed by atoms with Gasteiger partial charge in [0.15, 0.2) is 5.82 Å². The SMILES string of the molecule is Cc1ccc(Br)cc1-c1nc(C2CCNCC2)no1. The Hall–Kier alpha value is -1.20. The van der Waals surface area contributed by atoms with E-state index in [-0.39, 0.29) is 0 Å². The van der Waals surface area contributed by atoms with Crippen molar-refractivity contribution in [2.45, 2.75) is 25.7 Å². The van der Waals surface area contributed by atoms with Crippen LogP contribution in [-0.4, -0.2) is 23.2 Å². The summed E-state index contributed by atoms with van der Waals surface area (Å²) in [6, 6.07) is 6.09. The van der Waals surface area contributed by atoms with Crippen molar-refractivity contribution in [1.82, 2.24) is 15.5 Å². The molecule has 0 aliphatic carbocycles. The summed E-state index contributed by atoms with van der Waals surface area (Å²) >= 11 is 3.48. The Kier molecular flexibility index (Phi) is 3.66. The molecule has 1 aromatic heterocycles. The summed E-state index contributed by atoms with van der Waals surface area (Å²) in [5, 5.41) is 7.50. The van der Waals surface area contributed by atoms with E-state index in [4.69, 9.17) is 4.52 Å². The van der Waals surface area contributed by atoms with Gasteiger partial charge in [0.25, 0.3) is 5.89 Å². The first kappa shape index (κ1) is 12.8. The van der Waals surface area contributed by atoms with E-state index in [1.807, 2.05) is 18.2 Å². The highest BCUT2D eigenvalue weighted by Gasteiger charge is 2.21. The highest BCUT2D eigenvalue weighted by atomic mass is 79.9. The minimum absolute atomic E-state index is 0.422. The number of benzene rings is 1. The first-order chi connectivity index (χ1) is 9.24. The third-order valence-corrected chi connectivity index (χ3v) is 4.07. The van der Waals surface area contributed by atoms with Crippen molar-refractivity contribution in [3.63, 3.8) is 0 Å². The maximum atomic E-state index is 5.44. The molecule has 0 atom stereocenters. The average Bonchev–Trinajstić information content (AvgIpc) is 2.92. The molecule has 2 heterocycles. The summed E-state index contributed by atoms with van der Waals surface area (Å²) in [7, 11) is 0. The molecule has 4 nitrogen and oxygen atoms in total. The van der Waals surface area contributed by atoms with Gasteiger partial charge in [-0.3, -0.25) is 0 Å². The monoisotopic (exact) mass is 321 g/mol. The van der Waals surface area contributed by atoms with E-state index in [0.717, 1.165) is 47.4 Å². The van der Waals surface area contributed by atoms with Crippen LogP contribution in [0, 0.1) is 6.92 Å². The largest absolute Gasteiger partial charge is 0.334 e. The zero-order chi connectivity index (χ0) is 13.2. The molecule has 1 N–H and O–H groups in total. The van der Waals surface area contributed by atoms with Crippen LogP contribution < -0.4 is 5.32 Å². The van der Waals surface area contributed by atoms with Crippen molar-refractivity contribution in [3.05, 3.63) is 34.1 Å².